The lowest BCUT2D eigenvalue weighted by molar-refractivity contribution is 0.891. The van der Waals surface area contributed by atoms with Gasteiger partial charge in [0.25, 0.3) is 0 Å². The fraction of sp³-hybridized carbons (Fsp3) is 0.0833. The number of nitrogens with one attached hydrogen (secondary N) is 1. The molecule has 3 aromatic rings. The van der Waals surface area contributed by atoms with Crippen LogP contribution in [0.25, 0.3) is 21.8 Å². The molecule has 3 heteroatoms. The van der Waals surface area contributed by atoms with Crippen LogP contribution in [0.4, 0.5) is 0 Å². The van der Waals surface area contributed by atoms with Crippen LogP contribution in [0.15, 0.2) is 41.2 Å². The lowest BCUT2D eigenvalue weighted by Crippen LogP contribution is -2.11. The second-order valence-corrected chi connectivity index (χ2v) is 3.67. The van der Waals surface area contributed by atoms with Gasteiger partial charge in [0.15, 0.2) is 0 Å². The summed E-state index contributed by atoms with van der Waals surface area (Å²) < 4.78 is 1.63. The largest absolute Gasteiger partial charge is 0.326 e. The Labute approximate surface area is 86.0 Å². The van der Waals surface area contributed by atoms with E-state index >= 15 is 0 Å². The second kappa shape index (κ2) is 2.73. The number of fused-ring (bicyclic) bond motifs is 3. The molecule has 1 heterocycles. The van der Waals surface area contributed by atoms with Crippen molar-refractivity contribution < 1.29 is 0 Å². The molecule has 0 amide bonds. The summed E-state index contributed by atoms with van der Waals surface area (Å²) in [7, 11) is 1.77. The van der Waals surface area contributed by atoms with Crippen molar-refractivity contribution in [3.05, 3.63) is 46.9 Å². The predicted octanol–water partition coefficient (Wildman–Crippen LogP) is 2.02. The number of aromatic amines is 1. The van der Waals surface area contributed by atoms with Gasteiger partial charge in [0.05, 0.1) is 11.0 Å². The number of aromatic nitrogens is 2. The molecule has 0 aliphatic carbocycles. The molecule has 0 atom stereocenters. The first-order valence-electron chi connectivity index (χ1n) is 4.84. The summed E-state index contributed by atoms with van der Waals surface area (Å²) in [5, 5.41) is 2.24. The van der Waals surface area contributed by atoms with Crippen molar-refractivity contribution in [3.8, 4) is 0 Å². The van der Waals surface area contributed by atoms with Crippen molar-refractivity contribution in [3.63, 3.8) is 0 Å². The molecule has 0 bridgehead atoms. The van der Waals surface area contributed by atoms with Gasteiger partial charge >= 0.3 is 5.69 Å². The van der Waals surface area contributed by atoms with Gasteiger partial charge in [-0.3, -0.25) is 4.57 Å². The van der Waals surface area contributed by atoms with Crippen LogP contribution in [0.2, 0.25) is 0 Å². The topological polar surface area (TPSA) is 37.8 Å². The van der Waals surface area contributed by atoms with Crippen LogP contribution < -0.4 is 5.69 Å². The van der Waals surface area contributed by atoms with Gasteiger partial charge in [0, 0.05) is 12.4 Å². The van der Waals surface area contributed by atoms with Crippen molar-refractivity contribution in [2.75, 3.05) is 0 Å². The van der Waals surface area contributed by atoms with Crippen molar-refractivity contribution in [2.24, 2.45) is 7.05 Å². The van der Waals surface area contributed by atoms with E-state index in [1.165, 1.54) is 0 Å². The molecule has 0 radical (unpaired) electrons. The minimum Gasteiger partial charge on any atom is -0.305 e. The second-order valence-electron chi connectivity index (χ2n) is 3.67. The number of aryl methyl sites for hydroxylation is 1. The van der Waals surface area contributed by atoms with E-state index in [1.54, 1.807) is 11.6 Å². The van der Waals surface area contributed by atoms with Gasteiger partial charge in [0.1, 0.15) is 0 Å². The van der Waals surface area contributed by atoms with Crippen LogP contribution in [-0.4, -0.2) is 9.55 Å². The molecule has 0 saturated carbocycles. The minimum absolute atomic E-state index is 0.0682. The van der Waals surface area contributed by atoms with Gasteiger partial charge in [-0.05, 0) is 11.5 Å². The van der Waals surface area contributed by atoms with E-state index in [2.05, 4.69) is 4.98 Å². The monoisotopic (exact) mass is 198 g/mol. The van der Waals surface area contributed by atoms with Gasteiger partial charge < -0.3 is 4.98 Å². The first-order chi connectivity index (χ1) is 7.27. The van der Waals surface area contributed by atoms with Crippen molar-refractivity contribution in [2.45, 2.75) is 0 Å². The molecule has 74 valence electrons. The molecule has 0 unspecified atom stereocenters. The predicted molar refractivity (Wildman–Crippen MR) is 61.0 cm³/mol. The molecule has 3 nitrogen and oxygen atoms in total. The average Bonchev–Trinajstić information content (AvgIpc) is 2.56. The summed E-state index contributed by atoms with van der Waals surface area (Å²) in [5.41, 5.74) is 1.79. The molecule has 15 heavy (non-hydrogen) atoms. The Morgan fingerprint density at radius 2 is 1.93 bits per heavy atom. The van der Waals surface area contributed by atoms with Crippen molar-refractivity contribution >= 4 is 21.8 Å². The van der Waals surface area contributed by atoms with E-state index in [-0.39, 0.29) is 5.69 Å². The van der Waals surface area contributed by atoms with Crippen LogP contribution in [0, 0.1) is 0 Å². The summed E-state index contributed by atoms with van der Waals surface area (Å²) in [6.07, 6.45) is 0. The molecule has 0 fully saturated rings. The zero-order valence-corrected chi connectivity index (χ0v) is 8.32. The number of rotatable bonds is 0. The summed E-state index contributed by atoms with van der Waals surface area (Å²) in [5.74, 6) is 0. The van der Waals surface area contributed by atoms with Crippen LogP contribution in [0.5, 0.6) is 0 Å². The molecule has 3 rings (SSSR count). The Hall–Kier alpha value is -2.03. The molecular formula is C12H10N2O. The Morgan fingerprint density at radius 3 is 2.80 bits per heavy atom. The fourth-order valence-corrected chi connectivity index (χ4v) is 1.97. The Morgan fingerprint density at radius 1 is 1.13 bits per heavy atom. The number of hydrogen-bond donors (Lipinski definition) is 1. The zero-order chi connectivity index (χ0) is 10.4. The van der Waals surface area contributed by atoms with Crippen LogP contribution >= 0.6 is 0 Å². The van der Waals surface area contributed by atoms with Gasteiger partial charge in [-0.15, -0.1) is 0 Å². The van der Waals surface area contributed by atoms with Crippen molar-refractivity contribution in [1.29, 1.82) is 0 Å². The molecule has 0 spiro atoms. The Bertz CT molecular complexity index is 706. The summed E-state index contributed by atoms with van der Waals surface area (Å²) in [6, 6.07) is 12.0. The molecule has 1 aromatic heterocycles. The SMILES string of the molecule is Cn1c(=O)[nH]c2c3ccccc3ccc21. The van der Waals surface area contributed by atoms with Crippen LogP contribution in [-0.2, 0) is 7.05 Å². The molecule has 0 saturated heterocycles. The Kier molecular flexibility index (Phi) is 1.51. The van der Waals surface area contributed by atoms with Crippen LogP contribution in [0.1, 0.15) is 0 Å². The maximum Gasteiger partial charge on any atom is 0.326 e. The maximum atomic E-state index is 11.5. The minimum atomic E-state index is -0.0682. The third-order valence-corrected chi connectivity index (χ3v) is 2.80. The quantitative estimate of drug-likeness (QED) is 0.589. The third kappa shape index (κ3) is 1.03. The molecular weight excluding hydrogens is 188 g/mol. The summed E-state index contributed by atoms with van der Waals surface area (Å²) in [6.45, 7) is 0. The highest BCUT2D eigenvalue weighted by molar-refractivity contribution is 6.04. The molecule has 0 aliphatic rings. The van der Waals surface area contributed by atoms with Crippen LogP contribution in [0.3, 0.4) is 0 Å². The average molecular weight is 198 g/mol. The zero-order valence-electron chi connectivity index (χ0n) is 8.32. The number of hydrogen-bond acceptors (Lipinski definition) is 1. The molecule has 1 N–H and O–H groups in total. The highest BCUT2D eigenvalue weighted by atomic mass is 16.1. The highest BCUT2D eigenvalue weighted by Crippen LogP contribution is 2.21. The number of benzene rings is 2. The smallest absolute Gasteiger partial charge is 0.305 e. The standard InChI is InChI=1S/C12H10N2O/c1-14-10-7-6-8-4-2-3-5-9(8)11(10)13-12(14)15/h2-7H,1H3,(H,13,15). The lowest BCUT2D eigenvalue weighted by Gasteiger charge is -1.98. The fourth-order valence-electron chi connectivity index (χ4n) is 1.97. The first-order valence-corrected chi connectivity index (χ1v) is 4.84. The van der Waals surface area contributed by atoms with Gasteiger partial charge in [0.2, 0.25) is 0 Å². The van der Waals surface area contributed by atoms with Gasteiger partial charge in [-0.1, -0.05) is 30.3 Å². The first kappa shape index (κ1) is 8.29. The molecule has 0 aliphatic heterocycles. The number of nitrogens with zero attached hydrogens (tertiary/aromatic N) is 1. The van der Waals surface area contributed by atoms with E-state index in [0.717, 1.165) is 21.8 Å². The maximum absolute atomic E-state index is 11.5. The summed E-state index contributed by atoms with van der Waals surface area (Å²) in [4.78, 5) is 14.4. The normalized spacial score (nSPS) is 11.3. The summed E-state index contributed by atoms with van der Waals surface area (Å²) >= 11 is 0. The number of imidazole rings is 1. The molecule has 2 aromatic carbocycles. The van der Waals surface area contributed by atoms with E-state index in [0.29, 0.717) is 0 Å². The third-order valence-electron chi connectivity index (χ3n) is 2.80. The van der Waals surface area contributed by atoms with E-state index in [4.69, 9.17) is 0 Å². The lowest BCUT2D eigenvalue weighted by atomic mass is 10.1. The van der Waals surface area contributed by atoms with E-state index < -0.39 is 0 Å². The Balaban J connectivity index is 2.66. The number of H-pyrrole nitrogens is 1. The van der Waals surface area contributed by atoms with Gasteiger partial charge in [-0.2, -0.15) is 0 Å². The van der Waals surface area contributed by atoms with Crippen molar-refractivity contribution in [1.82, 2.24) is 9.55 Å². The highest BCUT2D eigenvalue weighted by Gasteiger charge is 2.05. The van der Waals surface area contributed by atoms with E-state index in [1.807, 2.05) is 36.4 Å². The van der Waals surface area contributed by atoms with E-state index in [9.17, 15) is 4.79 Å². The van der Waals surface area contributed by atoms with Gasteiger partial charge in [-0.25, -0.2) is 4.79 Å².